The van der Waals surface area contributed by atoms with E-state index in [1.165, 1.54) is 0 Å². The monoisotopic (exact) mass is 444 g/mol. The topological polar surface area (TPSA) is 51.2 Å². The van der Waals surface area contributed by atoms with Gasteiger partial charge in [-0.05, 0) is 74.4 Å². The molecule has 0 aliphatic rings. The van der Waals surface area contributed by atoms with E-state index in [0.29, 0.717) is 17.2 Å². The second-order valence-electron chi connectivity index (χ2n) is 7.73. The van der Waals surface area contributed by atoms with Crippen molar-refractivity contribution in [1.29, 1.82) is 0 Å². The zero-order valence-corrected chi connectivity index (χ0v) is 18.9. The Labute approximate surface area is 193 Å². The summed E-state index contributed by atoms with van der Waals surface area (Å²) in [5.41, 5.74) is 4.21. The van der Waals surface area contributed by atoms with Crippen LogP contribution in [-0.2, 0) is 6.42 Å². The molecular weight excluding hydrogens is 420 g/mol. The van der Waals surface area contributed by atoms with Gasteiger partial charge in [0.15, 0.2) is 0 Å². The maximum absolute atomic E-state index is 13.3. The molecule has 5 heteroatoms. The Bertz CT molecular complexity index is 1220. The van der Waals surface area contributed by atoms with Crippen LogP contribution in [0, 0.1) is 0 Å². The first kappa shape index (κ1) is 21.8. The van der Waals surface area contributed by atoms with E-state index in [4.69, 9.17) is 21.3 Å². The van der Waals surface area contributed by atoms with Crippen LogP contribution in [-0.4, -0.2) is 23.5 Å². The minimum atomic E-state index is -0.114. The molecular formula is C27H25ClN2O2. The van der Waals surface area contributed by atoms with E-state index in [2.05, 4.69) is 5.32 Å². The summed E-state index contributed by atoms with van der Waals surface area (Å²) in [7, 11) is 0. The summed E-state index contributed by atoms with van der Waals surface area (Å²) in [5.74, 6) is 0.697. The number of benzene rings is 3. The Kier molecular flexibility index (Phi) is 6.72. The van der Waals surface area contributed by atoms with Crippen LogP contribution in [0.4, 0.5) is 0 Å². The van der Waals surface area contributed by atoms with Crippen LogP contribution < -0.4 is 10.1 Å². The van der Waals surface area contributed by atoms with Gasteiger partial charge in [0.25, 0.3) is 5.91 Å². The summed E-state index contributed by atoms with van der Waals surface area (Å²) in [6.07, 6.45) is 0.720. The third kappa shape index (κ3) is 5.09. The fraction of sp³-hybridized carbons (Fsp3) is 0.185. The SMILES string of the molecule is CCOc1ccc(-c2cc(C(=O)NC(C)Cc3ccc(Cl)cc3)c3ccccc3n2)cc1. The molecule has 4 rings (SSSR count). The van der Waals surface area contributed by atoms with Gasteiger partial charge in [0.2, 0.25) is 0 Å². The van der Waals surface area contributed by atoms with E-state index in [0.717, 1.165) is 39.9 Å². The molecule has 1 N–H and O–H groups in total. The fourth-order valence-electron chi connectivity index (χ4n) is 3.73. The first-order valence-electron chi connectivity index (χ1n) is 10.7. The van der Waals surface area contributed by atoms with Crippen LogP contribution >= 0.6 is 11.6 Å². The number of pyridine rings is 1. The van der Waals surface area contributed by atoms with Gasteiger partial charge in [0, 0.05) is 22.0 Å². The van der Waals surface area contributed by atoms with Gasteiger partial charge in [-0.3, -0.25) is 4.79 Å². The predicted molar refractivity (Wildman–Crippen MR) is 130 cm³/mol. The minimum Gasteiger partial charge on any atom is -0.494 e. The van der Waals surface area contributed by atoms with Crippen molar-refractivity contribution in [2.24, 2.45) is 0 Å². The molecule has 1 aromatic heterocycles. The Morgan fingerprint density at radius 1 is 1.03 bits per heavy atom. The molecule has 32 heavy (non-hydrogen) atoms. The average Bonchev–Trinajstić information content (AvgIpc) is 2.80. The second kappa shape index (κ2) is 9.84. The van der Waals surface area contributed by atoms with Crippen molar-refractivity contribution in [2.45, 2.75) is 26.3 Å². The fourth-order valence-corrected chi connectivity index (χ4v) is 3.85. The van der Waals surface area contributed by atoms with Crippen LogP contribution in [0.2, 0.25) is 5.02 Å². The van der Waals surface area contributed by atoms with Crippen molar-refractivity contribution < 1.29 is 9.53 Å². The predicted octanol–water partition coefficient (Wildman–Crippen LogP) is 6.31. The molecule has 0 aliphatic carbocycles. The molecule has 4 nitrogen and oxygen atoms in total. The molecule has 1 atom stereocenters. The molecule has 1 heterocycles. The molecule has 0 saturated heterocycles. The van der Waals surface area contributed by atoms with Gasteiger partial charge in [-0.25, -0.2) is 4.98 Å². The van der Waals surface area contributed by atoms with Crippen LogP contribution in [0.5, 0.6) is 5.75 Å². The molecule has 4 aromatic rings. The highest BCUT2D eigenvalue weighted by molar-refractivity contribution is 6.30. The van der Waals surface area contributed by atoms with Crippen molar-refractivity contribution in [3.63, 3.8) is 0 Å². The maximum atomic E-state index is 13.3. The van der Waals surface area contributed by atoms with Gasteiger partial charge in [-0.2, -0.15) is 0 Å². The Morgan fingerprint density at radius 3 is 2.47 bits per heavy atom. The van der Waals surface area contributed by atoms with Crippen molar-refractivity contribution >= 4 is 28.4 Å². The van der Waals surface area contributed by atoms with Gasteiger partial charge in [0.05, 0.1) is 23.4 Å². The second-order valence-corrected chi connectivity index (χ2v) is 8.17. The van der Waals surface area contributed by atoms with Gasteiger partial charge < -0.3 is 10.1 Å². The third-order valence-electron chi connectivity index (χ3n) is 5.25. The lowest BCUT2D eigenvalue weighted by molar-refractivity contribution is 0.0941. The highest BCUT2D eigenvalue weighted by Crippen LogP contribution is 2.26. The lowest BCUT2D eigenvalue weighted by Gasteiger charge is -2.16. The number of amides is 1. The zero-order valence-electron chi connectivity index (χ0n) is 18.1. The normalized spacial score (nSPS) is 11.8. The molecule has 1 amide bonds. The summed E-state index contributed by atoms with van der Waals surface area (Å²) in [4.78, 5) is 18.0. The maximum Gasteiger partial charge on any atom is 0.252 e. The highest BCUT2D eigenvalue weighted by Gasteiger charge is 2.16. The first-order chi connectivity index (χ1) is 15.5. The molecule has 1 unspecified atom stereocenters. The van der Waals surface area contributed by atoms with Crippen LogP contribution in [0.25, 0.3) is 22.2 Å². The number of carbonyl (C=O) groups excluding carboxylic acids is 1. The van der Waals surface area contributed by atoms with Crippen molar-refractivity contribution in [2.75, 3.05) is 6.61 Å². The van der Waals surface area contributed by atoms with E-state index < -0.39 is 0 Å². The summed E-state index contributed by atoms with van der Waals surface area (Å²) < 4.78 is 5.54. The number of nitrogens with zero attached hydrogens (tertiary/aromatic N) is 1. The number of hydrogen-bond donors (Lipinski definition) is 1. The number of nitrogens with one attached hydrogen (secondary N) is 1. The van der Waals surface area contributed by atoms with E-state index in [-0.39, 0.29) is 11.9 Å². The lowest BCUT2D eigenvalue weighted by atomic mass is 10.0. The number of fused-ring (bicyclic) bond motifs is 1. The van der Waals surface area contributed by atoms with Gasteiger partial charge >= 0.3 is 0 Å². The van der Waals surface area contributed by atoms with Gasteiger partial charge in [-0.15, -0.1) is 0 Å². The smallest absolute Gasteiger partial charge is 0.252 e. The molecule has 0 spiro atoms. The molecule has 162 valence electrons. The van der Waals surface area contributed by atoms with E-state index in [9.17, 15) is 4.79 Å². The van der Waals surface area contributed by atoms with E-state index in [1.54, 1.807) is 0 Å². The highest BCUT2D eigenvalue weighted by atomic mass is 35.5. The van der Waals surface area contributed by atoms with Crippen LogP contribution in [0.1, 0.15) is 29.8 Å². The molecule has 3 aromatic carbocycles. The number of hydrogen-bond acceptors (Lipinski definition) is 3. The summed E-state index contributed by atoms with van der Waals surface area (Å²) in [6.45, 7) is 4.58. The molecule has 0 radical (unpaired) electrons. The average molecular weight is 445 g/mol. The summed E-state index contributed by atoms with van der Waals surface area (Å²) in [5, 5.41) is 4.67. The standard InChI is InChI=1S/C27H25ClN2O2/c1-3-32-22-14-10-20(11-15-22)26-17-24(23-6-4-5-7-25(23)30-26)27(31)29-18(2)16-19-8-12-21(28)13-9-19/h4-15,17-18H,3,16H2,1-2H3,(H,29,31). The number of carbonyl (C=O) groups is 1. The van der Waals surface area contributed by atoms with Crippen molar-refractivity contribution in [1.82, 2.24) is 10.3 Å². The largest absolute Gasteiger partial charge is 0.494 e. The van der Waals surface area contributed by atoms with Crippen molar-refractivity contribution in [3.8, 4) is 17.0 Å². The Balaban J connectivity index is 1.61. The molecule has 0 fully saturated rings. The molecule has 0 bridgehead atoms. The number of para-hydroxylation sites is 1. The number of ether oxygens (including phenoxy) is 1. The van der Waals surface area contributed by atoms with Crippen molar-refractivity contribution in [3.05, 3.63) is 95.0 Å². The first-order valence-corrected chi connectivity index (χ1v) is 11.1. The van der Waals surface area contributed by atoms with E-state index >= 15 is 0 Å². The third-order valence-corrected chi connectivity index (χ3v) is 5.51. The quantitative estimate of drug-likeness (QED) is 0.363. The zero-order chi connectivity index (χ0) is 22.5. The number of aromatic nitrogens is 1. The lowest BCUT2D eigenvalue weighted by Crippen LogP contribution is -2.34. The van der Waals surface area contributed by atoms with Gasteiger partial charge in [-0.1, -0.05) is 41.9 Å². The van der Waals surface area contributed by atoms with Crippen LogP contribution in [0.3, 0.4) is 0 Å². The minimum absolute atomic E-state index is 0.0375. The summed E-state index contributed by atoms with van der Waals surface area (Å²) in [6, 6.07) is 25.0. The van der Waals surface area contributed by atoms with E-state index in [1.807, 2.05) is 92.7 Å². The van der Waals surface area contributed by atoms with Gasteiger partial charge in [0.1, 0.15) is 5.75 Å². The summed E-state index contributed by atoms with van der Waals surface area (Å²) >= 11 is 5.98. The Hall–Kier alpha value is -3.37. The molecule has 0 aliphatic heterocycles. The van der Waals surface area contributed by atoms with Crippen LogP contribution in [0.15, 0.2) is 78.9 Å². The Morgan fingerprint density at radius 2 is 1.75 bits per heavy atom. The number of halogens is 1. The number of rotatable bonds is 7. The molecule has 0 saturated carbocycles.